The second-order valence-corrected chi connectivity index (χ2v) is 6.66. The third-order valence-electron chi connectivity index (χ3n) is 3.15. The summed E-state index contributed by atoms with van der Waals surface area (Å²) in [6.45, 7) is 2.23. The van der Waals surface area contributed by atoms with Gasteiger partial charge in [0.05, 0.1) is 18.0 Å². The molecule has 0 saturated heterocycles. The molecule has 86 valence electrons. The summed E-state index contributed by atoms with van der Waals surface area (Å²) in [4.78, 5) is 0. The summed E-state index contributed by atoms with van der Waals surface area (Å²) < 4.78 is 28.2. The highest BCUT2D eigenvalue weighted by molar-refractivity contribution is 7.94. The van der Waals surface area contributed by atoms with Crippen LogP contribution in [0, 0.1) is 5.92 Å². The normalized spacial score (nSPS) is 39.4. The van der Waals surface area contributed by atoms with Crippen molar-refractivity contribution >= 4 is 9.84 Å². The van der Waals surface area contributed by atoms with Crippen LogP contribution in [0.25, 0.3) is 0 Å². The van der Waals surface area contributed by atoms with E-state index in [1.807, 2.05) is 0 Å². The first-order chi connectivity index (χ1) is 7.05. The SMILES string of the molecule is CC1CCCC(OC2C=CS(=O)(=O)C2)C1. The van der Waals surface area contributed by atoms with Gasteiger partial charge in [-0.3, -0.25) is 0 Å². The van der Waals surface area contributed by atoms with Crippen molar-refractivity contribution in [2.45, 2.75) is 44.8 Å². The van der Waals surface area contributed by atoms with Crippen LogP contribution >= 0.6 is 0 Å². The average Bonchev–Trinajstić information content (AvgIpc) is 2.45. The van der Waals surface area contributed by atoms with Crippen molar-refractivity contribution in [1.82, 2.24) is 0 Å². The molecule has 1 aliphatic heterocycles. The van der Waals surface area contributed by atoms with E-state index >= 15 is 0 Å². The van der Waals surface area contributed by atoms with Crippen LogP contribution in [0.2, 0.25) is 0 Å². The number of hydrogen-bond donors (Lipinski definition) is 0. The Morgan fingerprint density at radius 3 is 2.73 bits per heavy atom. The predicted octanol–water partition coefficient (Wildman–Crippen LogP) is 1.89. The van der Waals surface area contributed by atoms with Crippen molar-refractivity contribution in [3.8, 4) is 0 Å². The van der Waals surface area contributed by atoms with Crippen molar-refractivity contribution in [3.05, 3.63) is 11.5 Å². The van der Waals surface area contributed by atoms with E-state index < -0.39 is 9.84 Å². The van der Waals surface area contributed by atoms with Gasteiger partial charge >= 0.3 is 0 Å². The van der Waals surface area contributed by atoms with Crippen molar-refractivity contribution in [2.75, 3.05) is 5.75 Å². The van der Waals surface area contributed by atoms with E-state index in [1.54, 1.807) is 6.08 Å². The molecule has 0 radical (unpaired) electrons. The molecule has 1 fully saturated rings. The number of hydrogen-bond acceptors (Lipinski definition) is 3. The Morgan fingerprint density at radius 2 is 2.13 bits per heavy atom. The van der Waals surface area contributed by atoms with Gasteiger partial charge in [0.15, 0.2) is 9.84 Å². The number of sulfone groups is 1. The minimum atomic E-state index is -2.97. The van der Waals surface area contributed by atoms with E-state index in [9.17, 15) is 8.42 Å². The molecule has 2 rings (SSSR count). The van der Waals surface area contributed by atoms with Crippen molar-refractivity contribution in [3.63, 3.8) is 0 Å². The third kappa shape index (κ3) is 3.05. The van der Waals surface area contributed by atoms with Crippen LogP contribution in [0.1, 0.15) is 32.6 Å². The first-order valence-electron chi connectivity index (χ1n) is 5.61. The van der Waals surface area contributed by atoms with Gasteiger partial charge in [0.25, 0.3) is 0 Å². The summed E-state index contributed by atoms with van der Waals surface area (Å²) in [6.07, 6.45) is 6.36. The van der Waals surface area contributed by atoms with Crippen LogP contribution in [0.15, 0.2) is 11.5 Å². The van der Waals surface area contributed by atoms with Gasteiger partial charge in [0.1, 0.15) is 0 Å². The highest BCUT2D eigenvalue weighted by Gasteiger charge is 2.27. The van der Waals surface area contributed by atoms with Crippen LogP contribution < -0.4 is 0 Å². The largest absolute Gasteiger partial charge is 0.370 e. The highest BCUT2D eigenvalue weighted by Crippen LogP contribution is 2.27. The first kappa shape index (κ1) is 11.1. The average molecular weight is 230 g/mol. The van der Waals surface area contributed by atoms with E-state index in [1.165, 1.54) is 18.2 Å². The lowest BCUT2D eigenvalue weighted by Gasteiger charge is -2.28. The highest BCUT2D eigenvalue weighted by atomic mass is 32.2. The van der Waals surface area contributed by atoms with Crippen LogP contribution in [0.3, 0.4) is 0 Å². The summed E-state index contributed by atoms with van der Waals surface area (Å²) in [7, 11) is -2.97. The van der Waals surface area contributed by atoms with Gasteiger partial charge in [-0.2, -0.15) is 0 Å². The molecular formula is C11H18O3S. The zero-order valence-electron chi connectivity index (χ0n) is 9.06. The second kappa shape index (κ2) is 4.26. The summed E-state index contributed by atoms with van der Waals surface area (Å²) in [5.74, 6) is 0.850. The zero-order chi connectivity index (χ0) is 10.9. The zero-order valence-corrected chi connectivity index (χ0v) is 9.87. The lowest BCUT2D eigenvalue weighted by Crippen LogP contribution is -2.27. The minimum absolute atomic E-state index is 0.137. The van der Waals surface area contributed by atoms with Gasteiger partial charge < -0.3 is 4.74 Å². The van der Waals surface area contributed by atoms with Gasteiger partial charge in [-0.25, -0.2) is 8.42 Å². The lowest BCUT2D eigenvalue weighted by molar-refractivity contribution is -0.00723. The van der Waals surface area contributed by atoms with Crippen molar-refractivity contribution in [2.24, 2.45) is 5.92 Å². The maximum atomic E-state index is 11.2. The first-order valence-corrected chi connectivity index (χ1v) is 7.33. The molecule has 0 aromatic rings. The number of rotatable bonds is 2. The summed E-state index contributed by atoms with van der Waals surface area (Å²) in [5, 5.41) is 1.28. The fraction of sp³-hybridized carbons (Fsp3) is 0.818. The minimum Gasteiger partial charge on any atom is -0.370 e. The maximum absolute atomic E-state index is 11.2. The van der Waals surface area contributed by atoms with E-state index in [4.69, 9.17) is 4.74 Å². The molecule has 0 N–H and O–H groups in total. The summed E-state index contributed by atoms with van der Waals surface area (Å²) in [6, 6.07) is 0. The summed E-state index contributed by atoms with van der Waals surface area (Å²) in [5.41, 5.74) is 0. The Balaban J connectivity index is 1.85. The molecule has 1 saturated carbocycles. The number of ether oxygens (including phenoxy) is 1. The molecule has 3 atom stereocenters. The molecule has 0 aromatic heterocycles. The molecule has 4 heteroatoms. The standard InChI is InChI=1S/C11H18O3S/c1-9-3-2-4-10(7-9)14-11-5-6-15(12,13)8-11/h5-6,9-11H,2-4,7-8H2,1H3. The Morgan fingerprint density at radius 1 is 1.33 bits per heavy atom. The lowest BCUT2D eigenvalue weighted by atomic mass is 9.88. The van der Waals surface area contributed by atoms with Gasteiger partial charge in [-0.15, -0.1) is 0 Å². The van der Waals surface area contributed by atoms with Crippen molar-refractivity contribution < 1.29 is 13.2 Å². The molecular weight excluding hydrogens is 212 g/mol. The Bertz CT molecular complexity index is 345. The monoisotopic (exact) mass is 230 g/mol. The topological polar surface area (TPSA) is 43.4 Å². The molecule has 0 bridgehead atoms. The molecule has 3 nitrogen and oxygen atoms in total. The Labute approximate surface area is 91.4 Å². The summed E-state index contributed by atoms with van der Waals surface area (Å²) >= 11 is 0. The smallest absolute Gasteiger partial charge is 0.174 e. The van der Waals surface area contributed by atoms with E-state index in [0.29, 0.717) is 5.92 Å². The van der Waals surface area contributed by atoms with Gasteiger partial charge in [-0.05, 0) is 24.8 Å². The van der Waals surface area contributed by atoms with Gasteiger partial charge in [-0.1, -0.05) is 19.8 Å². The molecule has 0 amide bonds. The quantitative estimate of drug-likeness (QED) is 0.727. The van der Waals surface area contributed by atoms with Crippen LogP contribution in [-0.4, -0.2) is 26.4 Å². The maximum Gasteiger partial charge on any atom is 0.174 e. The fourth-order valence-electron chi connectivity index (χ4n) is 2.38. The van der Waals surface area contributed by atoms with Gasteiger partial charge in [0, 0.05) is 5.41 Å². The Hall–Kier alpha value is -0.350. The molecule has 0 spiro atoms. The molecule has 1 heterocycles. The Kier molecular flexibility index (Phi) is 3.16. The molecule has 3 unspecified atom stereocenters. The van der Waals surface area contributed by atoms with Crippen LogP contribution in [0.5, 0.6) is 0 Å². The molecule has 1 aliphatic carbocycles. The van der Waals surface area contributed by atoms with Crippen LogP contribution in [0.4, 0.5) is 0 Å². The fourth-order valence-corrected chi connectivity index (χ4v) is 3.55. The third-order valence-corrected chi connectivity index (χ3v) is 4.52. The molecule has 15 heavy (non-hydrogen) atoms. The molecule has 2 aliphatic rings. The van der Waals surface area contributed by atoms with E-state index in [2.05, 4.69) is 6.92 Å². The predicted molar refractivity (Wildman–Crippen MR) is 59.2 cm³/mol. The van der Waals surface area contributed by atoms with Crippen LogP contribution in [-0.2, 0) is 14.6 Å². The van der Waals surface area contributed by atoms with Crippen molar-refractivity contribution in [1.29, 1.82) is 0 Å². The van der Waals surface area contributed by atoms with Gasteiger partial charge in [0.2, 0.25) is 0 Å². The van der Waals surface area contributed by atoms with E-state index in [-0.39, 0.29) is 18.0 Å². The molecule has 0 aromatic carbocycles. The second-order valence-electron chi connectivity index (χ2n) is 4.73. The van der Waals surface area contributed by atoms with E-state index in [0.717, 1.165) is 12.8 Å².